The molecule has 0 fully saturated rings. The number of hydrogen-bond donors (Lipinski definition) is 2. The molecule has 0 aromatic heterocycles. The van der Waals surface area contributed by atoms with Gasteiger partial charge in [0.1, 0.15) is 5.75 Å². The van der Waals surface area contributed by atoms with E-state index in [1.54, 1.807) is 18.2 Å². The zero-order valence-corrected chi connectivity index (χ0v) is 16.9. The van der Waals surface area contributed by atoms with Crippen LogP contribution in [0.5, 0.6) is 17.2 Å². The van der Waals surface area contributed by atoms with E-state index in [0.717, 1.165) is 16.7 Å². The lowest BCUT2D eigenvalue weighted by molar-refractivity contribution is -0.138. The summed E-state index contributed by atoms with van der Waals surface area (Å²) in [5, 5.41) is 12.1. The van der Waals surface area contributed by atoms with Gasteiger partial charge in [-0.2, -0.15) is 0 Å². The Morgan fingerprint density at radius 2 is 1.83 bits per heavy atom. The number of ether oxygens (including phenoxy) is 3. The molecule has 1 amide bonds. The van der Waals surface area contributed by atoms with Gasteiger partial charge in [-0.15, -0.1) is 0 Å². The van der Waals surface area contributed by atoms with E-state index in [1.807, 2.05) is 26.0 Å². The maximum Gasteiger partial charge on any atom is 0.305 e. The lowest BCUT2D eigenvalue weighted by Gasteiger charge is -2.21. The molecule has 1 heterocycles. The first-order chi connectivity index (χ1) is 13.8. The molecule has 7 heteroatoms. The number of nitrogens with one attached hydrogen (secondary N) is 1. The fraction of sp³-hybridized carbons (Fsp3) is 0.364. The van der Waals surface area contributed by atoms with E-state index in [-0.39, 0.29) is 12.3 Å². The number of methoxy groups -OCH3 is 2. The third kappa shape index (κ3) is 4.45. The van der Waals surface area contributed by atoms with Crippen LogP contribution in [-0.2, 0) is 16.0 Å². The summed E-state index contributed by atoms with van der Waals surface area (Å²) < 4.78 is 16.3. The number of benzene rings is 2. The van der Waals surface area contributed by atoms with E-state index in [9.17, 15) is 14.7 Å². The monoisotopic (exact) mass is 399 g/mol. The molecule has 0 radical (unpaired) electrons. The van der Waals surface area contributed by atoms with E-state index < -0.39 is 18.1 Å². The van der Waals surface area contributed by atoms with Crippen molar-refractivity contribution in [2.75, 3.05) is 14.2 Å². The molecule has 2 aromatic carbocycles. The molecule has 0 saturated heterocycles. The van der Waals surface area contributed by atoms with E-state index in [4.69, 9.17) is 14.2 Å². The Hall–Kier alpha value is -3.22. The van der Waals surface area contributed by atoms with Crippen molar-refractivity contribution in [1.82, 2.24) is 5.32 Å². The van der Waals surface area contributed by atoms with E-state index in [2.05, 4.69) is 5.32 Å². The number of carbonyl (C=O) groups excluding carboxylic acids is 1. The zero-order valence-electron chi connectivity index (χ0n) is 16.9. The molecule has 1 aliphatic heterocycles. The highest BCUT2D eigenvalue weighted by Gasteiger charge is 2.31. The van der Waals surface area contributed by atoms with Crippen molar-refractivity contribution in [3.8, 4) is 17.2 Å². The van der Waals surface area contributed by atoms with Gasteiger partial charge in [-0.3, -0.25) is 9.59 Å². The third-order valence-corrected chi connectivity index (χ3v) is 5.15. The molecule has 2 N–H and O–H groups in total. The first kappa shape index (κ1) is 20.5. The van der Waals surface area contributed by atoms with Gasteiger partial charge in [0.2, 0.25) is 0 Å². The summed E-state index contributed by atoms with van der Waals surface area (Å²) in [5.74, 6) is 0.320. The van der Waals surface area contributed by atoms with Gasteiger partial charge in [0.25, 0.3) is 5.91 Å². The summed E-state index contributed by atoms with van der Waals surface area (Å²) in [6.45, 7) is 4.01. The predicted molar refractivity (Wildman–Crippen MR) is 107 cm³/mol. The highest BCUT2D eigenvalue weighted by atomic mass is 16.5. The Morgan fingerprint density at radius 1 is 1.14 bits per heavy atom. The Bertz CT molecular complexity index is 908. The van der Waals surface area contributed by atoms with Crippen LogP contribution in [0.4, 0.5) is 0 Å². The van der Waals surface area contributed by atoms with Gasteiger partial charge in [-0.1, -0.05) is 12.1 Å². The molecule has 7 nitrogen and oxygen atoms in total. The maximum absolute atomic E-state index is 12.8. The first-order valence-electron chi connectivity index (χ1n) is 9.33. The van der Waals surface area contributed by atoms with Gasteiger partial charge < -0.3 is 24.6 Å². The summed E-state index contributed by atoms with van der Waals surface area (Å²) in [5.41, 5.74) is 3.83. The molecule has 1 aliphatic rings. The number of carboxylic acids is 1. The van der Waals surface area contributed by atoms with Gasteiger partial charge in [0.05, 0.1) is 26.7 Å². The molecule has 2 unspecified atom stereocenters. The predicted octanol–water partition coefficient (Wildman–Crippen LogP) is 2.96. The van der Waals surface area contributed by atoms with Crippen LogP contribution in [0.25, 0.3) is 0 Å². The molecule has 0 aliphatic carbocycles. The molecular formula is C22H25NO6. The Kier molecular flexibility index (Phi) is 5.96. The fourth-order valence-electron chi connectivity index (χ4n) is 3.42. The highest BCUT2D eigenvalue weighted by molar-refractivity contribution is 5.83. The summed E-state index contributed by atoms with van der Waals surface area (Å²) in [7, 11) is 3.02. The smallest absolute Gasteiger partial charge is 0.305 e. The minimum Gasteiger partial charge on any atom is -0.493 e. The normalized spacial score (nSPS) is 15.8. The van der Waals surface area contributed by atoms with Crippen molar-refractivity contribution in [3.63, 3.8) is 0 Å². The number of hydrogen-bond acceptors (Lipinski definition) is 5. The summed E-state index contributed by atoms with van der Waals surface area (Å²) in [6, 6.07) is 8.30. The molecular weight excluding hydrogens is 374 g/mol. The first-order valence-corrected chi connectivity index (χ1v) is 9.33. The summed E-state index contributed by atoms with van der Waals surface area (Å²) in [4.78, 5) is 24.2. The van der Waals surface area contributed by atoms with Crippen LogP contribution in [0, 0.1) is 13.8 Å². The van der Waals surface area contributed by atoms with Crippen LogP contribution in [0.1, 0.15) is 34.7 Å². The molecule has 154 valence electrons. The molecule has 0 saturated carbocycles. The SMILES string of the molecule is COc1ccc(C(CC(=O)O)NC(=O)C2Cc3cc(C)c(C)cc3O2)cc1OC. The Labute approximate surface area is 169 Å². The standard InChI is InChI=1S/C22H25NO6/c1-12-7-15-10-20(29-18(15)8-13(12)2)22(26)23-16(11-21(24)25)14-5-6-17(27-3)19(9-14)28-4/h5-9,16,20H,10-11H2,1-4H3,(H,23,26)(H,24,25). The van der Waals surface area contributed by atoms with Gasteiger partial charge in [0, 0.05) is 6.42 Å². The van der Waals surface area contributed by atoms with E-state index >= 15 is 0 Å². The molecule has 2 atom stereocenters. The average Bonchev–Trinajstić information content (AvgIpc) is 3.09. The maximum atomic E-state index is 12.8. The number of rotatable bonds is 7. The third-order valence-electron chi connectivity index (χ3n) is 5.15. The number of carbonyl (C=O) groups is 2. The lowest BCUT2D eigenvalue weighted by Crippen LogP contribution is -2.40. The van der Waals surface area contributed by atoms with Gasteiger partial charge in [0.15, 0.2) is 17.6 Å². The number of aryl methyl sites for hydroxylation is 2. The number of carboxylic acid groups (broad SMARTS) is 1. The highest BCUT2D eigenvalue weighted by Crippen LogP contribution is 2.33. The van der Waals surface area contributed by atoms with Crippen molar-refractivity contribution in [2.45, 2.75) is 38.8 Å². The molecule has 2 aromatic rings. The number of aliphatic carboxylic acids is 1. The molecule has 0 bridgehead atoms. The van der Waals surface area contributed by atoms with Gasteiger partial charge >= 0.3 is 5.97 Å². The van der Waals surface area contributed by atoms with Crippen LogP contribution < -0.4 is 19.5 Å². The van der Waals surface area contributed by atoms with E-state index in [0.29, 0.717) is 29.2 Å². The quantitative estimate of drug-likeness (QED) is 0.743. The van der Waals surface area contributed by atoms with Crippen molar-refractivity contribution < 1.29 is 28.9 Å². The van der Waals surface area contributed by atoms with Crippen molar-refractivity contribution in [1.29, 1.82) is 0 Å². The minimum atomic E-state index is -1.02. The Morgan fingerprint density at radius 3 is 2.48 bits per heavy atom. The van der Waals surface area contributed by atoms with Crippen molar-refractivity contribution in [3.05, 3.63) is 52.6 Å². The van der Waals surface area contributed by atoms with Crippen molar-refractivity contribution >= 4 is 11.9 Å². The minimum absolute atomic E-state index is 0.265. The topological polar surface area (TPSA) is 94.1 Å². The number of amides is 1. The second-order valence-electron chi connectivity index (χ2n) is 7.13. The van der Waals surface area contributed by atoms with Crippen LogP contribution in [0.3, 0.4) is 0 Å². The largest absolute Gasteiger partial charge is 0.493 e. The van der Waals surface area contributed by atoms with E-state index in [1.165, 1.54) is 14.2 Å². The van der Waals surface area contributed by atoms with Crippen LogP contribution >= 0.6 is 0 Å². The Balaban J connectivity index is 1.79. The van der Waals surface area contributed by atoms with Gasteiger partial charge in [-0.25, -0.2) is 0 Å². The van der Waals surface area contributed by atoms with Crippen LogP contribution in [0.15, 0.2) is 30.3 Å². The van der Waals surface area contributed by atoms with Crippen LogP contribution in [0.2, 0.25) is 0 Å². The molecule has 0 spiro atoms. The average molecular weight is 399 g/mol. The summed E-state index contributed by atoms with van der Waals surface area (Å²) in [6.07, 6.45) is -0.504. The summed E-state index contributed by atoms with van der Waals surface area (Å²) >= 11 is 0. The second-order valence-corrected chi connectivity index (χ2v) is 7.13. The zero-order chi connectivity index (χ0) is 21.1. The fourth-order valence-corrected chi connectivity index (χ4v) is 3.42. The molecule has 3 rings (SSSR count). The second kappa shape index (κ2) is 8.43. The molecule has 29 heavy (non-hydrogen) atoms. The number of fused-ring (bicyclic) bond motifs is 1. The van der Waals surface area contributed by atoms with Crippen LogP contribution in [-0.4, -0.2) is 37.3 Å². The van der Waals surface area contributed by atoms with Gasteiger partial charge in [-0.05, 0) is 54.3 Å². The van der Waals surface area contributed by atoms with Crippen molar-refractivity contribution in [2.24, 2.45) is 0 Å². The lowest BCUT2D eigenvalue weighted by atomic mass is 10.0.